The largest absolute Gasteiger partial charge is 0.225 e. The first kappa shape index (κ1) is 7.90. The summed E-state index contributed by atoms with van der Waals surface area (Å²) >= 11 is 1.60. The first-order chi connectivity index (χ1) is 6.45. The van der Waals surface area contributed by atoms with Crippen LogP contribution in [0.1, 0.15) is 10.7 Å². The summed E-state index contributed by atoms with van der Waals surface area (Å²) in [6.45, 7) is 0. The van der Waals surface area contributed by atoms with Gasteiger partial charge in [-0.25, -0.2) is 15.0 Å². The molecule has 0 bridgehead atoms. The second-order valence-electron chi connectivity index (χ2n) is 2.19. The van der Waals surface area contributed by atoms with Crippen molar-refractivity contribution < 1.29 is 0 Å². The summed E-state index contributed by atoms with van der Waals surface area (Å²) in [4.78, 5) is 12.5. The van der Waals surface area contributed by atoms with E-state index in [1.54, 1.807) is 11.3 Å². The SMILES string of the molecule is C(#Cc1cccs1)c1ncncn1. The van der Waals surface area contributed by atoms with Gasteiger partial charge in [0.2, 0.25) is 5.82 Å². The summed E-state index contributed by atoms with van der Waals surface area (Å²) in [5.41, 5.74) is 0. The Balaban J connectivity index is 2.23. The van der Waals surface area contributed by atoms with Crippen LogP contribution in [0.15, 0.2) is 30.2 Å². The highest BCUT2D eigenvalue weighted by atomic mass is 32.1. The van der Waals surface area contributed by atoms with E-state index < -0.39 is 0 Å². The molecule has 2 aromatic rings. The Labute approximate surface area is 79.5 Å². The normalized spacial score (nSPS) is 8.92. The summed E-state index contributed by atoms with van der Waals surface area (Å²) in [7, 11) is 0. The molecule has 13 heavy (non-hydrogen) atoms. The summed E-state index contributed by atoms with van der Waals surface area (Å²) in [5, 5.41) is 1.98. The highest BCUT2D eigenvalue weighted by Gasteiger charge is 1.87. The second-order valence-corrected chi connectivity index (χ2v) is 3.14. The van der Waals surface area contributed by atoms with Gasteiger partial charge in [-0.1, -0.05) is 6.07 Å². The van der Waals surface area contributed by atoms with Crippen LogP contribution >= 0.6 is 11.3 Å². The molecule has 2 heterocycles. The van der Waals surface area contributed by atoms with Crippen LogP contribution in [0, 0.1) is 11.8 Å². The Kier molecular flexibility index (Phi) is 2.30. The zero-order valence-corrected chi connectivity index (χ0v) is 7.45. The number of rotatable bonds is 0. The highest BCUT2D eigenvalue weighted by molar-refractivity contribution is 7.10. The third-order valence-electron chi connectivity index (χ3n) is 1.31. The molecule has 0 aliphatic carbocycles. The van der Waals surface area contributed by atoms with Gasteiger partial charge in [0.25, 0.3) is 0 Å². The van der Waals surface area contributed by atoms with Crippen molar-refractivity contribution >= 4 is 11.3 Å². The van der Waals surface area contributed by atoms with Crippen molar-refractivity contribution in [3.63, 3.8) is 0 Å². The fourth-order valence-electron chi connectivity index (χ4n) is 0.771. The van der Waals surface area contributed by atoms with Gasteiger partial charge in [-0.3, -0.25) is 0 Å². The van der Waals surface area contributed by atoms with Crippen LogP contribution in [-0.2, 0) is 0 Å². The molecule has 0 atom stereocenters. The lowest BCUT2D eigenvalue weighted by molar-refractivity contribution is 1.02. The Hall–Kier alpha value is -1.73. The molecule has 0 saturated heterocycles. The molecule has 0 aliphatic rings. The number of hydrogen-bond acceptors (Lipinski definition) is 4. The predicted octanol–water partition coefficient (Wildman–Crippen LogP) is 1.33. The average Bonchev–Trinajstić information content (AvgIpc) is 2.69. The number of hydrogen-bond donors (Lipinski definition) is 0. The molecule has 4 heteroatoms. The Morgan fingerprint density at radius 3 is 2.69 bits per heavy atom. The van der Waals surface area contributed by atoms with Crippen molar-refractivity contribution in [1.82, 2.24) is 15.0 Å². The summed E-state index contributed by atoms with van der Waals surface area (Å²) in [5.74, 6) is 6.31. The van der Waals surface area contributed by atoms with Crippen molar-refractivity contribution in [3.8, 4) is 11.8 Å². The van der Waals surface area contributed by atoms with Gasteiger partial charge in [-0.15, -0.1) is 11.3 Å². The molecule has 0 amide bonds. The molecule has 0 spiro atoms. The Morgan fingerprint density at radius 2 is 2.00 bits per heavy atom. The third-order valence-corrected chi connectivity index (χ3v) is 2.10. The van der Waals surface area contributed by atoms with Crippen molar-refractivity contribution in [2.24, 2.45) is 0 Å². The molecule has 0 aromatic carbocycles. The van der Waals surface area contributed by atoms with E-state index in [0.29, 0.717) is 5.82 Å². The van der Waals surface area contributed by atoms with E-state index >= 15 is 0 Å². The van der Waals surface area contributed by atoms with E-state index in [-0.39, 0.29) is 0 Å². The molecule has 0 saturated carbocycles. The molecule has 0 unspecified atom stereocenters. The van der Waals surface area contributed by atoms with Crippen molar-refractivity contribution in [3.05, 3.63) is 40.9 Å². The van der Waals surface area contributed by atoms with Crippen molar-refractivity contribution in [1.29, 1.82) is 0 Å². The molecule has 2 rings (SSSR count). The smallest absolute Gasteiger partial charge is 0.208 e. The predicted molar refractivity (Wildman–Crippen MR) is 50.1 cm³/mol. The fraction of sp³-hybridized carbons (Fsp3) is 0. The van der Waals surface area contributed by atoms with E-state index in [0.717, 1.165) is 4.88 Å². The molecule has 0 N–H and O–H groups in total. The standard InChI is InChI=1S/C9H5N3S/c1-2-8(13-5-1)3-4-9-11-6-10-7-12-9/h1-2,5-7H. The minimum absolute atomic E-state index is 0.503. The lowest BCUT2D eigenvalue weighted by atomic mass is 10.4. The zero-order chi connectivity index (χ0) is 8.93. The Bertz CT molecular complexity index is 425. The van der Waals surface area contributed by atoms with Crippen LogP contribution in [0.5, 0.6) is 0 Å². The van der Waals surface area contributed by atoms with E-state index in [2.05, 4.69) is 26.8 Å². The Morgan fingerprint density at radius 1 is 1.15 bits per heavy atom. The van der Waals surface area contributed by atoms with Crippen LogP contribution in [0.3, 0.4) is 0 Å². The maximum atomic E-state index is 3.89. The molecule has 2 aromatic heterocycles. The van der Waals surface area contributed by atoms with Gasteiger partial charge in [0.1, 0.15) is 12.7 Å². The lowest BCUT2D eigenvalue weighted by Gasteiger charge is -1.82. The molecule has 0 fully saturated rings. The van der Waals surface area contributed by atoms with Crippen LogP contribution in [0.4, 0.5) is 0 Å². The van der Waals surface area contributed by atoms with Gasteiger partial charge in [0.15, 0.2) is 0 Å². The quantitative estimate of drug-likeness (QED) is 0.584. The third kappa shape index (κ3) is 2.10. The van der Waals surface area contributed by atoms with Gasteiger partial charge in [-0.05, 0) is 23.3 Å². The van der Waals surface area contributed by atoms with E-state index in [1.165, 1.54) is 12.7 Å². The second kappa shape index (κ2) is 3.78. The van der Waals surface area contributed by atoms with E-state index in [9.17, 15) is 0 Å². The fourth-order valence-corrected chi connectivity index (χ4v) is 1.34. The maximum absolute atomic E-state index is 3.89. The molecular weight excluding hydrogens is 182 g/mol. The summed E-state index contributed by atoms with van der Waals surface area (Å²) in [6.07, 6.45) is 2.87. The van der Waals surface area contributed by atoms with Crippen molar-refractivity contribution in [2.75, 3.05) is 0 Å². The minimum atomic E-state index is 0.503. The molecular formula is C9H5N3S. The van der Waals surface area contributed by atoms with Crippen LogP contribution in [0.2, 0.25) is 0 Å². The molecule has 0 aliphatic heterocycles. The van der Waals surface area contributed by atoms with Gasteiger partial charge >= 0.3 is 0 Å². The molecule has 3 nitrogen and oxygen atoms in total. The van der Waals surface area contributed by atoms with E-state index in [1.807, 2.05) is 17.5 Å². The molecule has 0 radical (unpaired) electrons. The van der Waals surface area contributed by atoms with E-state index in [4.69, 9.17) is 0 Å². The number of thiophene rings is 1. The highest BCUT2D eigenvalue weighted by Crippen LogP contribution is 2.05. The lowest BCUT2D eigenvalue weighted by Crippen LogP contribution is -1.87. The van der Waals surface area contributed by atoms with Crippen LogP contribution < -0.4 is 0 Å². The monoisotopic (exact) mass is 187 g/mol. The topological polar surface area (TPSA) is 38.7 Å². The average molecular weight is 187 g/mol. The number of nitrogens with zero attached hydrogens (tertiary/aromatic N) is 3. The van der Waals surface area contributed by atoms with Gasteiger partial charge in [-0.2, -0.15) is 0 Å². The van der Waals surface area contributed by atoms with Crippen molar-refractivity contribution in [2.45, 2.75) is 0 Å². The maximum Gasteiger partial charge on any atom is 0.208 e. The zero-order valence-electron chi connectivity index (χ0n) is 6.64. The number of aromatic nitrogens is 3. The van der Waals surface area contributed by atoms with Gasteiger partial charge in [0, 0.05) is 0 Å². The molecule has 62 valence electrons. The van der Waals surface area contributed by atoms with Crippen LogP contribution in [-0.4, -0.2) is 15.0 Å². The van der Waals surface area contributed by atoms with Crippen LogP contribution in [0.25, 0.3) is 0 Å². The van der Waals surface area contributed by atoms with Gasteiger partial charge < -0.3 is 0 Å². The summed E-state index contributed by atoms with van der Waals surface area (Å²) < 4.78 is 0. The first-order valence-corrected chi connectivity index (χ1v) is 4.50. The first-order valence-electron chi connectivity index (χ1n) is 3.63. The van der Waals surface area contributed by atoms with Gasteiger partial charge in [0.05, 0.1) is 4.88 Å². The summed E-state index contributed by atoms with van der Waals surface area (Å²) in [6, 6.07) is 3.92. The minimum Gasteiger partial charge on any atom is -0.225 e.